The Hall–Kier alpha value is -2.06. The van der Waals surface area contributed by atoms with Crippen LogP contribution in [0.2, 0.25) is 5.02 Å². The molecule has 4 N–H and O–H groups in total. The standard InChI is InChI=1S/C12H11ClF3N5/c1-6-7(13)3-2-4-8(6)18-9-5-10(21-17)20-11(19-9)12(14,15)16/h2-5H,17H2,1H3,(H2,18,19,20,21). The van der Waals surface area contributed by atoms with Gasteiger partial charge in [0.15, 0.2) is 0 Å². The number of halogens is 4. The van der Waals surface area contributed by atoms with Crippen molar-refractivity contribution in [2.75, 3.05) is 10.7 Å². The van der Waals surface area contributed by atoms with Gasteiger partial charge >= 0.3 is 6.18 Å². The fourth-order valence-electron chi connectivity index (χ4n) is 1.59. The third-order valence-electron chi connectivity index (χ3n) is 2.66. The van der Waals surface area contributed by atoms with Gasteiger partial charge in [0.05, 0.1) is 0 Å². The molecule has 0 aliphatic rings. The number of nitrogens with two attached hydrogens (primary N) is 1. The lowest BCUT2D eigenvalue weighted by Gasteiger charge is -2.13. The minimum absolute atomic E-state index is 0.0457. The van der Waals surface area contributed by atoms with Crippen LogP contribution in [0.25, 0.3) is 0 Å². The summed E-state index contributed by atoms with van der Waals surface area (Å²) in [5.41, 5.74) is 3.30. The largest absolute Gasteiger partial charge is 0.451 e. The number of nitrogens with zero attached hydrogens (tertiary/aromatic N) is 2. The van der Waals surface area contributed by atoms with E-state index in [2.05, 4.69) is 20.7 Å². The van der Waals surface area contributed by atoms with E-state index in [0.29, 0.717) is 16.3 Å². The van der Waals surface area contributed by atoms with E-state index in [9.17, 15) is 13.2 Å². The zero-order valence-electron chi connectivity index (χ0n) is 10.8. The molecule has 0 aliphatic heterocycles. The third-order valence-corrected chi connectivity index (χ3v) is 3.07. The van der Waals surface area contributed by atoms with Crippen LogP contribution in [0.4, 0.5) is 30.5 Å². The van der Waals surface area contributed by atoms with E-state index in [-0.39, 0.29) is 11.6 Å². The normalized spacial score (nSPS) is 11.3. The van der Waals surface area contributed by atoms with Crippen LogP contribution in [-0.4, -0.2) is 9.97 Å². The lowest BCUT2D eigenvalue weighted by molar-refractivity contribution is -0.144. The van der Waals surface area contributed by atoms with Gasteiger partial charge in [-0.1, -0.05) is 17.7 Å². The second-order valence-electron chi connectivity index (χ2n) is 4.14. The van der Waals surface area contributed by atoms with Gasteiger partial charge < -0.3 is 10.7 Å². The molecule has 2 aromatic rings. The SMILES string of the molecule is Cc1c(Cl)cccc1Nc1cc(NN)nc(C(F)(F)F)n1. The molecule has 0 spiro atoms. The van der Waals surface area contributed by atoms with Crippen molar-refractivity contribution in [1.29, 1.82) is 0 Å². The van der Waals surface area contributed by atoms with Crippen LogP contribution in [0, 0.1) is 6.92 Å². The molecule has 21 heavy (non-hydrogen) atoms. The van der Waals surface area contributed by atoms with E-state index in [1.807, 2.05) is 0 Å². The van der Waals surface area contributed by atoms with Crippen LogP contribution in [-0.2, 0) is 6.18 Å². The fraction of sp³-hybridized carbons (Fsp3) is 0.167. The lowest BCUT2D eigenvalue weighted by atomic mass is 10.2. The average molecular weight is 318 g/mol. The third kappa shape index (κ3) is 3.53. The maximum absolute atomic E-state index is 12.7. The molecule has 9 heteroatoms. The number of hydrazine groups is 1. The number of benzene rings is 1. The summed E-state index contributed by atoms with van der Waals surface area (Å²) in [6, 6.07) is 6.28. The van der Waals surface area contributed by atoms with Crippen LogP contribution in [0.1, 0.15) is 11.4 Å². The second-order valence-corrected chi connectivity index (χ2v) is 4.55. The first-order valence-corrected chi connectivity index (χ1v) is 6.14. The van der Waals surface area contributed by atoms with E-state index in [1.54, 1.807) is 25.1 Å². The molecule has 0 amide bonds. The van der Waals surface area contributed by atoms with Gasteiger partial charge in [0.1, 0.15) is 11.6 Å². The number of anilines is 3. The van der Waals surface area contributed by atoms with Gasteiger partial charge in [-0.3, -0.25) is 0 Å². The molecule has 1 aromatic carbocycles. The molecular formula is C12H11ClF3N5. The van der Waals surface area contributed by atoms with Gasteiger partial charge in [-0.05, 0) is 24.6 Å². The molecule has 2 rings (SSSR count). The zero-order valence-corrected chi connectivity index (χ0v) is 11.5. The van der Waals surface area contributed by atoms with E-state index in [1.165, 1.54) is 6.07 Å². The van der Waals surface area contributed by atoms with E-state index in [4.69, 9.17) is 17.4 Å². The maximum Gasteiger partial charge on any atom is 0.451 e. The summed E-state index contributed by atoms with van der Waals surface area (Å²) >= 11 is 5.96. The van der Waals surface area contributed by atoms with Crippen molar-refractivity contribution in [3.8, 4) is 0 Å². The Kier molecular flexibility index (Phi) is 4.19. The maximum atomic E-state index is 12.7. The molecule has 1 aromatic heterocycles. The molecular weight excluding hydrogens is 307 g/mol. The van der Waals surface area contributed by atoms with Crippen molar-refractivity contribution >= 4 is 28.9 Å². The van der Waals surface area contributed by atoms with Crippen molar-refractivity contribution in [1.82, 2.24) is 9.97 Å². The minimum Gasteiger partial charge on any atom is -0.340 e. The first kappa shape index (κ1) is 15.3. The summed E-state index contributed by atoms with van der Waals surface area (Å²) in [4.78, 5) is 6.70. The minimum atomic E-state index is -4.67. The van der Waals surface area contributed by atoms with E-state index < -0.39 is 12.0 Å². The number of alkyl halides is 3. The molecule has 5 nitrogen and oxygen atoms in total. The molecule has 112 valence electrons. The van der Waals surface area contributed by atoms with Gasteiger partial charge in [-0.2, -0.15) is 13.2 Å². The number of nitrogen functional groups attached to an aromatic ring is 1. The highest BCUT2D eigenvalue weighted by Crippen LogP contribution is 2.30. The summed E-state index contributed by atoms with van der Waals surface area (Å²) in [5.74, 6) is 3.63. The van der Waals surface area contributed by atoms with E-state index in [0.717, 1.165) is 0 Å². The Morgan fingerprint density at radius 2 is 1.86 bits per heavy atom. The topological polar surface area (TPSA) is 75.9 Å². The van der Waals surface area contributed by atoms with Crippen LogP contribution in [0.15, 0.2) is 24.3 Å². The fourth-order valence-corrected chi connectivity index (χ4v) is 1.77. The number of nitrogens with one attached hydrogen (secondary N) is 2. The van der Waals surface area contributed by atoms with E-state index >= 15 is 0 Å². The van der Waals surface area contributed by atoms with Gasteiger partial charge in [0, 0.05) is 16.8 Å². The van der Waals surface area contributed by atoms with Crippen molar-refractivity contribution < 1.29 is 13.2 Å². The summed E-state index contributed by atoms with van der Waals surface area (Å²) in [5, 5.41) is 3.26. The Labute approximate surface area is 123 Å². The average Bonchev–Trinajstić information content (AvgIpc) is 2.42. The predicted octanol–water partition coefficient (Wildman–Crippen LogP) is 3.49. The van der Waals surface area contributed by atoms with Crippen molar-refractivity contribution in [3.63, 3.8) is 0 Å². The highest BCUT2D eigenvalue weighted by atomic mass is 35.5. The Bertz CT molecular complexity index is 660. The molecule has 0 unspecified atom stereocenters. The molecule has 0 atom stereocenters. The van der Waals surface area contributed by atoms with Gasteiger partial charge in [0.2, 0.25) is 5.82 Å². The predicted molar refractivity (Wildman–Crippen MR) is 74.3 cm³/mol. The highest BCUT2D eigenvalue weighted by Gasteiger charge is 2.35. The summed E-state index contributed by atoms with van der Waals surface area (Å²) < 4.78 is 38.2. The molecule has 0 radical (unpaired) electrons. The Morgan fingerprint density at radius 1 is 1.19 bits per heavy atom. The lowest BCUT2D eigenvalue weighted by Crippen LogP contribution is -2.16. The quantitative estimate of drug-likeness (QED) is 0.597. The Morgan fingerprint density at radius 3 is 2.48 bits per heavy atom. The number of hydrogen-bond donors (Lipinski definition) is 3. The van der Waals surface area contributed by atoms with Crippen molar-refractivity contribution in [2.45, 2.75) is 13.1 Å². The molecule has 0 saturated heterocycles. The van der Waals surface area contributed by atoms with Gasteiger partial charge in [-0.15, -0.1) is 0 Å². The highest BCUT2D eigenvalue weighted by molar-refractivity contribution is 6.31. The molecule has 0 aliphatic carbocycles. The van der Waals surface area contributed by atoms with Crippen LogP contribution >= 0.6 is 11.6 Å². The second kappa shape index (κ2) is 5.74. The van der Waals surface area contributed by atoms with Crippen LogP contribution < -0.4 is 16.6 Å². The molecule has 0 saturated carbocycles. The number of aromatic nitrogens is 2. The number of rotatable bonds is 3. The summed E-state index contributed by atoms with van der Waals surface area (Å²) in [6.45, 7) is 1.73. The monoisotopic (exact) mass is 317 g/mol. The van der Waals surface area contributed by atoms with Crippen LogP contribution in [0.3, 0.4) is 0 Å². The van der Waals surface area contributed by atoms with Crippen molar-refractivity contribution in [2.24, 2.45) is 5.84 Å². The first-order valence-electron chi connectivity index (χ1n) is 5.76. The van der Waals surface area contributed by atoms with Gasteiger partial charge in [0.25, 0.3) is 0 Å². The molecule has 0 fully saturated rings. The smallest absolute Gasteiger partial charge is 0.340 e. The first-order chi connectivity index (χ1) is 9.81. The summed E-state index contributed by atoms with van der Waals surface area (Å²) in [7, 11) is 0. The molecule has 1 heterocycles. The van der Waals surface area contributed by atoms with Gasteiger partial charge in [-0.25, -0.2) is 15.8 Å². The number of hydrogen-bond acceptors (Lipinski definition) is 5. The molecule has 0 bridgehead atoms. The van der Waals surface area contributed by atoms with Crippen LogP contribution in [0.5, 0.6) is 0 Å². The Balaban J connectivity index is 2.42. The zero-order chi connectivity index (χ0) is 15.6. The summed E-state index contributed by atoms with van der Waals surface area (Å²) in [6.07, 6.45) is -4.67. The van der Waals surface area contributed by atoms with Crippen molar-refractivity contribution in [3.05, 3.63) is 40.7 Å².